The van der Waals surface area contributed by atoms with Gasteiger partial charge >= 0.3 is 6.18 Å². The van der Waals surface area contributed by atoms with Crippen LogP contribution in [0.5, 0.6) is 0 Å². The Bertz CT molecular complexity index is 456. The van der Waals surface area contributed by atoms with Gasteiger partial charge in [-0.15, -0.1) is 0 Å². The average Bonchev–Trinajstić information content (AvgIpc) is 2.34. The molecule has 1 rings (SSSR count). The average molecular weight is 279 g/mol. The molecule has 2 N–H and O–H groups in total. The largest absolute Gasteiger partial charge is 0.419 e. The molecule has 0 aromatic heterocycles. The molecule has 0 heterocycles. The van der Waals surface area contributed by atoms with Gasteiger partial charge in [0.1, 0.15) is 5.82 Å². The van der Waals surface area contributed by atoms with Crippen LogP contribution in [0, 0.1) is 5.82 Å². The number of aliphatic hydroxyl groups is 1. The van der Waals surface area contributed by atoms with Crippen molar-refractivity contribution in [2.24, 2.45) is 0 Å². The molecule has 19 heavy (non-hydrogen) atoms. The van der Waals surface area contributed by atoms with Crippen LogP contribution in [-0.2, 0) is 6.18 Å². The van der Waals surface area contributed by atoms with E-state index in [4.69, 9.17) is 5.11 Å². The fraction of sp³-hybridized carbons (Fsp3) is 0.417. The number of alkyl halides is 3. The van der Waals surface area contributed by atoms with Gasteiger partial charge in [-0.25, -0.2) is 4.39 Å². The third-order valence-electron chi connectivity index (χ3n) is 2.58. The van der Waals surface area contributed by atoms with Gasteiger partial charge in [0.05, 0.1) is 18.2 Å². The first-order chi connectivity index (χ1) is 8.79. The standard InChI is InChI=1S/C12H13F4NO2/c1-2-8(6-18)17-11(19)7-3-4-10(13)9(5-7)12(14,15)16/h3-5,8,18H,2,6H2,1H3,(H,17,19)/t8-/m1/s1. The second-order valence-corrected chi connectivity index (χ2v) is 3.95. The Morgan fingerprint density at radius 2 is 2.05 bits per heavy atom. The topological polar surface area (TPSA) is 49.3 Å². The lowest BCUT2D eigenvalue weighted by molar-refractivity contribution is -0.140. The molecule has 106 valence electrons. The quantitative estimate of drug-likeness (QED) is 0.831. The van der Waals surface area contributed by atoms with Crippen LogP contribution in [0.2, 0.25) is 0 Å². The van der Waals surface area contributed by atoms with Crippen molar-refractivity contribution in [3.8, 4) is 0 Å². The zero-order valence-electron chi connectivity index (χ0n) is 10.1. The summed E-state index contributed by atoms with van der Waals surface area (Å²) >= 11 is 0. The van der Waals surface area contributed by atoms with Crippen molar-refractivity contribution < 1.29 is 27.5 Å². The van der Waals surface area contributed by atoms with E-state index in [0.717, 1.165) is 6.07 Å². The summed E-state index contributed by atoms with van der Waals surface area (Å²) in [4.78, 5) is 11.7. The van der Waals surface area contributed by atoms with Crippen LogP contribution in [0.25, 0.3) is 0 Å². The molecule has 0 saturated heterocycles. The summed E-state index contributed by atoms with van der Waals surface area (Å²) in [5, 5.41) is 11.2. The maximum Gasteiger partial charge on any atom is 0.419 e. The molecule has 0 unspecified atom stereocenters. The molecule has 1 aromatic carbocycles. The Morgan fingerprint density at radius 1 is 1.42 bits per heavy atom. The van der Waals surface area contributed by atoms with Crippen molar-refractivity contribution in [3.63, 3.8) is 0 Å². The van der Waals surface area contributed by atoms with Gasteiger partial charge in [0, 0.05) is 5.56 Å². The van der Waals surface area contributed by atoms with Crippen LogP contribution >= 0.6 is 0 Å². The smallest absolute Gasteiger partial charge is 0.394 e. The van der Waals surface area contributed by atoms with Gasteiger partial charge < -0.3 is 10.4 Å². The summed E-state index contributed by atoms with van der Waals surface area (Å²) in [6.45, 7) is 1.38. The highest BCUT2D eigenvalue weighted by Crippen LogP contribution is 2.31. The van der Waals surface area contributed by atoms with E-state index in [1.807, 2.05) is 0 Å². The Labute approximate surface area is 107 Å². The fourth-order valence-corrected chi connectivity index (χ4v) is 1.43. The molecule has 1 atom stereocenters. The van der Waals surface area contributed by atoms with E-state index in [1.165, 1.54) is 0 Å². The molecule has 0 bridgehead atoms. The maximum absolute atomic E-state index is 13.0. The van der Waals surface area contributed by atoms with Crippen molar-refractivity contribution in [3.05, 3.63) is 35.1 Å². The molecule has 1 aromatic rings. The number of halogens is 4. The molecule has 3 nitrogen and oxygen atoms in total. The van der Waals surface area contributed by atoms with E-state index in [-0.39, 0.29) is 12.2 Å². The van der Waals surface area contributed by atoms with Crippen LogP contribution in [-0.4, -0.2) is 23.7 Å². The van der Waals surface area contributed by atoms with E-state index < -0.39 is 29.5 Å². The van der Waals surface area contributed by atoms with Gasteiger partial charge in [-0.3, -0.25) is 4.79 Å². The number of hydrogen-bond donors (Lipinski definition) is 2. The molecule has 0 aliphatic carbocycles. The zero-order valence-corrected chi connectivity index (χ0v) is 10.1. The lowest BCUT2D eigenvalue weighted by Crippen LogP contribution is -2.37. The first-order valence-electron chi connectivity index (χ1n) is 5.58. The number of nitrogens with one attached hydrogen (secondary N) is 1. The van der Waals surface area contributed by atoms with Crippen molar-refractivity contribution in [2.45, 2.75) is 25.6 Å². The highest BCUT2D eigenvalue weighted by atomic mass is 19.4. The van der Waals surface area contributed by atoms with Gasteiger partial charge in [0.15, 0.2) is 0 Å². The second kappa shape index (κ2) is 6.01. The van der Waals surface area contributed by atoms with Crippen molar-refractivity contribution in [2.75, 3.05) is 6.61 Å². The first-order valence-corrected chi connectivity index (χ1v) is 5.58. The number of hydrogen-bond acceptors (Lipinski definition) is 2. The summed E-state index contributed by atoms with van der Waals surface area (Å²) in [5.41, 5.74) is -1.79. The minimum Gasteiger partial charge on any atom is -0.394 e. The normalized spacial score (nSPS) is 13.2. The number of carbonyl (C=O) groups is 1. The zero-order chi connectivity index (χ0) is 14.6. The first kappa shape index (κ1) is 15.4. The van der Waals surface area contributed by atoms with Gasteiger partial charge in [0.2, 0.25) is 0 Å². The molecule has 7 heteroatoms. The van der Waals surface area contributed by atoms with Gasteiger partial charge in [-0.2, -0.15) is 13.2 Å². The van der Waals surface area contributed by atoms with Crippen LogP contribution < -0.4 is 5.32 Å². The van der Waals surface area contributed by atoms with E-state index >= 15 is 0 Å². The molecule has 0 aliphatic heterocycles. The summed E-state index contributed by atoms with van der Waals surface area (Å²) < 4.78 is 50.5. The summed E-state index contributed by atoms with van der Waals surface area (Å²) in [5.74, 6) is -2.22. The SMILES string of the molecule is CC[C@H](CO)NC(=O)c1ccc(F)c(C(F)(F)F)c1. The predicted molar refractivity (Wildman–Crippen MR) is 60.0 cm³/mol. The van der Waals surface area contributed by atoms with Crippen LogP contribution in [0.3, 0.4) is 0 Å². The Balaban J connectivity index is 2.99. The van der Waals surface area contributed by atoms with E-state index in [0.29, 0.717) is 18.6 Å². The van der Waals surface area contributed by atoms with Gasteiger partial charge in [0.25, 0.3) is 5.91 Å². The second-order valence-electron chi connectivity index (χ2n) is 3.95. The number of carbonyl (C=O) groups excluding carboxylic acids is 1. The highest BCUT2D eigenvalue weighted by Gasteiger charge is 2.34. The van der Waals surface area contributed by atoms with Gasteiger partial charge in [-0.05, 0) is 24.6 Å². The number of benzene rings is 1. The lowest BCUT2D eigenvalue weighted by atomic mass is 10.1. The minimum absolute atomic E-state index is 0.305. The molecule has 0 fully saturated rings. The van der Waals surface area contributed by atoms with Crippen molar-refractivity contribution in [1.82, 2.24) is 5.32 Å². The van der Waals surface area contributed by atoms with Crippen molar-refractivity contribution in [1.29, 1.82) is 0 Å². The molecular weight excluding hydrogens is 266 g/mol. The van der Waals surface area contributed by atoms with Crippen LogP contribution in [0.1, 0.15) is 29.3 Å². The molecular formula is C12H13F4NO2. The van der Waals surface area contributed by atoms with Crippen LogP contribution in [0.15, 0.2) is 18.2 Å². The van der Waals surface area contributed by atoms with Gasteiger partial charge in [-0.1, -0.05) is 6.92 Å². The fourth-order valence-electron chi connectivity index (χ4n) is 1.43. The molecule has 0 radical (unpaired) electrons. The predicted octanol–water partition coefficient (Wildman–Crippen LogP) is 2.35. The third kappa shape index (κ3) is 3.92. The summed E-state index contributed by atoms with van der Waals surface area (Å²) in [6, 6.07) is 1.46. The van der Waals surface area contributed by atoms with E-state index in [2.05, 4.69) is 5.32 Å². The summed E-state index contributed by atoms with van der Waals surface area (Å²) in [6.07, 6.45) is -4.43. The maximum atomic E-state index is 13.0. The van der Waals surface area contributed by atoms with E-state index in [9.17, 15) is 22.4 Å². The monoisotopic (exact) mass is 279 g/mol. The molecule has 0 spiro atoms. The molecule has 0 saturated carbocycles. The number of rotatable bonds is 4. The van der Waals surface area contributed by atoms with Crippen molar-refractivity contribution >= 4 is 5.91 Å². The summed E-state index contributed by atoms with van der Waals surface area (Å²) in [7, 11) is 0. The number of aliphatic hydroxyl groups excluding tert-OH is 1. The molecule has 1 amide bonds. The Morgan fingerprint density at radius 3 is 2.53 bits per heavy atom. The van der Waals surface area contributed by atoms with Crippen LogP contribution in [0.4, 0.5) is 17.6 Å². The molecule has 0 aliphatic rings. The lowest BCUT2D eigenvalue weighted by Gasteiger charge is -2.15. The highest BCUT2D eigenvalue weighted by molar-refractivity contribution is 5.94. The third-order valence-corrected chi connectivity index (χ3v) is 2.58. The minimum atomic E-state index is -4.86. The Kier molecular flexibility index (Phi) is 4.88. The number of amides is 1. The Hall–Kier alpha value is -1.63. The van der Waals surface area contributed by atoms with E-state index in [1.54, 1.807) is 6.92 Å².